The van der Waals surface area contributed by atoms with Gasteiger partial charge in [0.1, 0.15) is 5.56 Å². The molecule has 1 aliphatic carbocycles. The molecule has 0 aromatic carbocycles. The Morgan fingerprint density at radius 3 is 2.50 bits per heavy atom. The topological polar surface area (TPSA) is 112 Å². The molecule has 1 saturated heterocycles. The van der Waals surface area contributed by atoms with Gasteiger partial charge in [0.25, 0.3) is 17.4 Å². The van der Waals surface area contributed by atoms with Crippen LogP contribution < -0.4 is 10.9 Å². The number of fused-ring (bicyclic) bond motifs is 1. The molecule has 2 amide bonds. The number of likely N-dealkylation sites (N-methyl/N-ethyl adjacent to an activating group) is 1. The Hall–Kier alpha value is -2.88. The number of carbonyl (C=O) groups is 2. The zero-order chi connectivity index (χ0) is 21.6. The zero-order valence-corrected chi connectivity index (χ0v) is 17.6. The largest absolute Gasteiger partial charge is 0.494 e. The van der Waals surface area contributed by atoms with Crippen molar-refractivity contribution in [2.45, 2.75) is 39.3 Å². The van der Waals surface area contributed by atoms with E-state index in [0.29, 0.717) is 19.6 Å². The van der Waals surface area contributed by atoms with Crippen molar-refractivity contribution in [2.75, 3.05) is 33.2 Å². The van der Waals surface area contributed by atoms with E-state index in [1.807, 2.05) is 20.9 Å². The van der Waals surface area contributed by atoms with Gasteiger partial charge in [-0.05, 0) is 25.8 Å². The predicted octanol–water partition coefficient (Wildman–Crippen LogP) is 0.137. The van der Waals surface area contributed by atoms with Gasteiger partial charge >= 0.3 is 0 Å². The predicted molar refractivity (Wildman–Crippen MR) is 110 cm³/mol. The molecule has 0 bridgehead atoms. The number of hydrogen-bond acceptors (Lipinski definition) is 6. The average molecular weight is 416 g/mol. The molecular weight excluding hydrogens is 388 g/mol. The van der Waals surface area contributed by atoms with Gasteiger partial charge in [-0.2, -0.15) is 9.61 Å². The molecule has 1 saturated carbocycles. The maximum atomic E-state index is 13.2. The van der Waals surface area contributed by atoms with Gasteiger partial charge in [0.15, 0.2) is 11.2 Å². The van der Waals surface area contributed by atoms with E-state index in [-0.39, 0.29) is 34.6 Å². The third-order valence-electron chi connectivity index (χ3n) is 5.59. The molecule has 30 heavy (non-hydrogen) atoms. The number of rotatable bonds is 5. The molecule has 10 heteroatoms. The third-order valence-corrected chi connectivity index (χ3v) is 5.59. The van der Waals surface area contributed by atoms with E-state index in [9.17, 15) is 19.5 Å². The lowest BCUT2D eigenvalue weighted by Crippen LogP contribution is -2.47. The minimum Gasteiger partial charge on any atom is -0.494 e. The monoisotopic (exact) mass is 416 g/mol. The molecule has 2 aliphatic rings. The number of amides is 2. The fourth-order valence-corrected chi connectivity index (χ4v) is 3.74. The number of hydrogen-bond donors (Lipinski definition) is 2. The fraction of sp³-hybridized carbons (Fsp3) is 0.600. The molecule has 1 aliphatic heterocycles. The lowest BCUT2D eigenvalue weighted by molar-refractivity contribution is 0.0665. The molecule has 0 atom stereocenters. The highest BCUT2D eigenvalue weighted by atomic mass is 16.3. The molecule has 0 spiro atoms. The lowest BCUT2D eigenvalue weighted by atomic mass is 10.2. The average Bonchev–Trinajstić information content (AvgIpc) is 3.39. The van der Waals surface area contributed by atoms with Crippen molar-refractivity contribution in [3.05, 3.63) is 27.7 Å². The maximum absolute atomic E-state index is 13.2. The first-order chi connectivity index (χ1) is 14.3. The van der Waals surface area contributed by atoms with E-state index >= 15 is 0 Å². The van der Waals surface area contributed by atoms with Gasteiger partial charge in [-0.15, -0.1) is 0 Å². The Morgan fingerprint density at radius 2 is 1.90 bits per heavy atom. The van der Waals surface area contributed by atoms with Gasteiger partial charge in [-0.1, -0.05) is 13.8 Å². The molecule has 4 rings (SSSR count). The molecule has 0 unspecified atom stereocenters. The highest BCUT2D eigenvalue weighted by molar-refractivity contribution is 6.01. The maximum Gasteiger partial charge on any atom is 0.291 e. The first kappa shape index (κ1) is 20.4. The second-order valence-corrected chi connectivity index (χ2v) is 8.65. The standard InChI is InChI=1S/C20H28N6O4/c1-12(2)11-25-17-14(18(28)24-8-6-23(3)7-9-24)10-21-26(17)20(30)15(19(25)29)16(27)22-13-4-5-13/h10,12-13,29H,4-9,11H2,1-3H3,(H,22,27). The Bertz CT molecular complexity index is 1040. The van der Waals surface area contributed by atoms with Crippen LogP contribution in [0.1, 0.15) is 47.4 Å². The number of nitrogens with zero attached hydrogens (tertiary/aromatic N) is 5. The van der Waals surface area contributed by atoms with Gasteiger partial charge in [0.2, 0.25) is 5.88 Å². The van der Waals surface area contributed by atoms with Crippen molar-refractivity contribution >= 4 is 17.5 Å². The minimum absolute atomic E-state index is 0.0394. The SMILES string of the molecule is CC(C)Cn1c(O)c(C(=O)NC2CC2)c(=O)n2ncc(C(=O)N3CCN(C)CC3)c12. The number of aromatic nitrogens is 3. The Balaban J connectivity index is 1.82. The van der Waals surface area contributed by atoms with Crippen LogP contribution in [-0.2, 0) is 6.54 Å². The number of piperazine rings is 1. The molecular formula is C20H28N6O4. The van der Waals surface area contributed by atoms with E-state index in [0.717, 1.165) is 30.4 Å². The molecule has 2 aromatic heterocycles. The van der Waals surface area contributed by atoms with E-state index in [4.69, 9.17) is 0 Å². The van der Waals surface area contributed by atoms with Crippen molar-refractivity contribution in [2.24, 2.45) is 5.92 Å². The molecule has 2 fully saturated rings. The number of carbonyl (C=O) groups excluding carboxylic acids is 2. The van der Waals surface area contributed by atoms with Crippen LogP contribution >= 0.6 is 0 Å². The summed E-state index contributed by atoms with van der Waals surface area (Å²) in [4.78, 5) is 42.7. The van der Waals surface area contributed by atoms with Gasteiger partial charge in [-0.3, -0.25) is 19.0 Å². The third kappa shape index (κ3) is 3.67. The van der Waals surface area contributed by atoms with E-state index < -0.39 is 17.3 Å². The summed E-state index contributed by atoms with van der Waals surface area (Å²) < 4.78 is 2.53. The van der Waals surface area contributed by atoms with Crippen LogP contribution in [0.3, 0.4) is 0 Å². The summed E-state index contributed by atoms with van der Waals surface area (Å²) in [6, 6.07) is 0.0394. The molecule has 2 N–H and O–H groups in total. The molecule has 10 nitrogen and oxygen atoms in total. The van der Waals surface area contributed by atoms with Gasteiger partial charge in [-0.25, -0.2) is 0 Å². The lowest BCUT2D eigenvalue weighted by Gasteiger charge is -2.32. The summed E-state index contributed by atoms with van der Waals surface area (Å²) in [5.41, 5.74) is -0.588. The Kier molecular flexibility index (Phi) is 5.27. The van der Waals surface area contributed by atoms with Crippen molar-refractivity contribution in [1.29, 1.82) is 0 Å². The summed E-state index contributed by atoms with van der Waals surface area (Å²) in [6.07, 6.45) is 3.08. The van der Waals surface area contributed by atoms with Crippen molar-refractivity contribution in [3.63, 3.8) is 0 Å². The van der Waals surface area contributed by atoms with Crippen LogP contribution in [0.15, 0.2) is 11.0 Å². The van der Waals surface area contributed by atoms with Crippen LogP contribution in [0.25, 0.3) is 5.65 Å². The summed E-state index contributed by atoms with van der Waals surface area (Å²) in [5, 5.41) is 17.8. The number of aromatic hydroxyl groups is 1. The van der Waals surface area contributed by atoms with Crippen LogP contribution in [0.2, 0.25) is 0 Å². The molecule has 162 valence electrons. The summed E-state index contributed by atoms with van der Waals surface area (Å²) in [7, 11) is 2.00. The Morgan fingerprint density at radius 1 is 1.23 bits per heavy atom. The van der Waals surface area contributed by atoms with E-state index in [1.54, 1.807) is 4.90 Å². The minimum atomic E-state index is -0.724. The molecule has 0 radical (unpaired) electrons. The van der Waals surface area contributed by atoms with Gasteiger partial charge in [0, 0.05) is 38.8 Å². The summed E-state index contributed by atoms with van der Waals surface area (Å²) >= 11 is 0. The smallest absolute Gasteiger partial charge is 0.291 e. The van der Waals surface area contributed by atoms with Crippen LogP contribution in [-0.4, -0.2) is 80.2 Å². The number of nitrogens with one attached hydrogen (secondary N) is 1. The normalized spacial score (nSPS) is 17.7. The summed E-state index contributed by atoms with van der Waals surface area (Å²) in [5.74, 6) is -1.17. The van der Waals surface area contributed by atoms with Crippen molar-refractivity contribution in [1.82, 2.24) is 29.3 Å². The second kappa shape index (κ2) is 7.75. The second-order valence-electron chi connectivity index (χ2n) is 8.65. The zero-order valence-electron chi connectivity index (χ0n) is 17.6. The van der Waals surface area contributed by atoms with Gasteiger partial charge < -0.3 is 20.2 Å². The molecule has 2 aromatic rings. The van der Waals surface area contributed by atoms with E-state index in [1.165, 1.54) is 10.8 Å². The van der Waals surface area contributed by atoms with Crippen molar-refractivity contribution in [3.8, 4) is 5.88 Å². The van der Waals surface area contributed by atoms with Crippen molar-refractivity contribution < 1.29 is 14.7 Å². The van der Waals surface area contributed by atoms with E-state index in [2.05, 4.69) is 15.3 Å². The highest BCUT2D eigenvalue weighted by Crippen LogP contribution is 2.25. The highest BCUT2D eigenvalue weighted by Gasteiger charge is 2.32. The Labute approximate surface area is 174 Å². The molecule has 3 heterocycles. The van der Waals surface area contributed by atoms with Crippen LogP contribution in [0.5, 0.6) is 5.88 Å². The first-order valence-electron chi connectivity index (χ1n) is 10.4. The first-order valence-corrected chi connectivity index (χ1v) is 10.4. The van der Waals surface area contributed by atoms with Crippen LogP contribution in [0.4, 0.5) is 0 Å². The quantitative estimate of drug-likeness (QED) is 0.717. The van der Waals surface area contributed by atoms with Crippen LogP contribution in [0, 0.1) is 5.92 Å². The summed E-state index contributed by atoms with van der Waals surface area (Å²) in [6.45, 7) is 6.92. The fourth-order valence-electron chi connectivity index (χ4n) is 3.74. The van der Waals surface area contributed by atoms with Gasteiger partial charge in [0.05, 0.1) is 6.20 Å².